The van der Waals surface area contributed by atoms with E-state index in [0.717, 1.165) is 16.9 Å². The van der Waals surface area contributed by atoms with Crippen molar-refractivity contribution in [1.29, 1.82) is 0 Å². The molecule has 6 heteroatoms. The van der Waals surface area contributed by atoms with Gasteiger partial charge in [0.25, 0.3) is 5.91 Å². The van der Waals surface area contributed by atoms with E-state index in [1.807, 2.05) is 42.5 Å². The normalized spacial score (nSPS) is 19.3. The fraction of sp³-hybridized carbons (Fsp3) is 0.214. The van der Waals surface area contributed by atoms with Crippen molar-refractivity contribution in [2.24, 2.45) is 0 Å². The average Bonchev–Trinajstić information content (AvgIpc) is 2.88. The van der Waals surface area contributed by atoms with E-state index in [-0.39, 0.29) is 30.2 Å². The van der Waals surface area contributed by atoms with E-state index in [2.05, 4.69) is 0 Å². The van der Waals surface area contributed by atoms with Gasteiger partial charge in [0.05, 0.1) is 13.2 Å². The SMILES string of the molecule is COc1ccc(C2/C=C\CN(C(=O)c3ccccc3)C(C)C(=O)N2Cc2ccc(F)cc2)cc1. The zero-order chi connectivity index (χ0) is 24.1. The summed E-state index contributed by atoms with van der Waals surface area (Å²) in [4.78, 5) is 30.3. The second kappa shape index (κ2) is 10.3. The van der Waals surface area contributed by atoms with Crippen LogP contribution in [0.15, 0.2) is 91.0 Å². The highest BCUT2D eigenvalue weighted by Crippen LogP contribution is 2.29. The molecular weight excluding hydrogens is 431 g/mol. The van der Waals surface area contributed by atoms with E-state index in [4.69, 9.17) is 4.74 Å². The van der Waals surface area contributed by atoms with Gasteiger partial charge in [-0.25, -0.2) is 4.39 Å². The zero-order valence-corrected chi connectivity index (χ0v) is 19.2. The molecule has 0 saturated heterocycles. The van der Waals surface area contributed by atoms with E-state index in [0.29, 0.717) is 12.1 Å². The van der Waals surface area contributed by atoms with Gasteiger partial charge in [0, 0.05) is 18.7 Å². The minimum atomic E-state index is -0.682. The van der Waals surface area contributed by atoms with Crippen molar-refractivity contribution >= 4 is 11.8 Å². The molecule has 0 aromatic heterocycles. The van der Waals surface area contributed by atoms with Gasteiger partial charge in [-0.1, -0.05) is 54.6 Å². The lowest BCUT2D eigenvalue weighted by atomic mass is 10.00. The lowest BCUT2D eigenvalue weighted by Crippen LogP contribution is -2.51. The molecule has 4 rings (SSSR count). The van der Waals surface area contributed by atoms with Crippen molar-refractivity contribution < 1.29 is 18.7 Å². The quantitative estimate of drug-likeness (QED) is 0.506. The molecule has 2 amide bonds. The molecule has 0 fully saturated rings. The molecule has 1 heterocycles. The van der Waals surface area contributed by atoms with Gasteiger partial charge in [0.15, 0.2) is 0 Å². The Kier molecular flexibility index (Phi) is 7.07. The molecule has 0 bridgehead atoms. The molecular formula is C28H27FN2O3. The summed E-state index contributed by atoms with van der Waals surface area (Å²) in [5, 5.41) is 0. The summed E-state index contributed by atoms with van der Waals surface area (Å²) in [6.45, 7) is 2.35. The van der Waals surface area contributed by atoms with Crippen LogP contribution in [0.4, 0.5) is 4.39 Å². The Bertz CT molecular complexity index is 1160. The number of halogens is 1. The van der Waals surface area contributed by atoms with Crippen LogP contribution in [0.1, 0.15) is 34.5 Å². The van der Waals surface area contributed by atoms with Crippen LogP contribution < -0.4 is 4.74 Å². The Morgan fingerprint density at radius 1 is 1.00 bits per heavy atom. The molecule has 0 N–H and O–H groups in total. The maximum Gasteiger partial charge on any atom is 0.254 e. The van der Waals surface area contributed by atoms with Gasteiger partial charge in [-0.3, -0.25) is 9.59 Å². The molecule has 2 atom stereocenters. The number of amides is 2. The Hall–Kier alpha value is -3.93. The number of carbonyl (C=O) groups excluding carboxylic acids is 2. The Balaban J connectivity index is 1.71. The maximum atomic E-state index is 13.8. The Labute approximate surface area is 199 Å². The number of methoxy groups -OCH3 is 1. The summed E-state index contributed by atoms with van der Waals surface area (Å²) in [7, 11) is 1.61. The number of benzene rings is 3. The highest BCUT2D eigenvalue weighted by molar-refractivity contribution is 5.97. The molecule has 3 aromatic carbocycles. The van der Waals surface area contributed by atoms with E-state index in [1.54, 1.807) is 60.2 Å². The molecule has 3 aromatic rings. The molecule has 1 aliphatic heterocycles. The molecule has 5 nitrogen and oxygen atoms in total. The molecule has 34 heavy (non-hydrogen) atoms. The fourth-order valence-electron chi connectivity index (χ4n) is 4.14. The molecule has 174 valence electrons. The topological polar surface area (TPSA) is 49.9 Å². The molecule has 1 aliphatic rings. The largest absolute Gasteiger partial charge is 0.497 e. The minimum Gasteiger partial charge on any atom is -0.497 e. The standard InChI is InChI=1S/C28H27FN2O3/c1-20-27(32)31(19-21-10-14-24(29)15-11-21)26(22-12-16-25(34-2)17-13-22)9-6-18-30(20)28(33)23-7-4-3-5-8-23/h3-17,20,26H,18-19H2,1-2H3/b9-6-. The molecule has 0 radical (unpaired) electrons. The summed E-state index contributed by atoms with van der Waals surface area (Å²) in [5.74, 6) is 0.0137. The van der Waals surface area contributed by atoms with Crippen molar-refractivity contribution in [3.05, 3.63) is 114 Å². The number of carbonyl (C=O) groups is 2. The number of nitrogens with zero attached hydrogens (tertiary/aromatic N) is 2. The molecule has 0 saturated carbocycles. The lowest BCUT2D eigenvalue weighted by molar-refractivity contribution is -0.138. The third-order valence-electron chi connectivity index (χ3n) is 6.07. The minimum absolute atomic E-state index is 0.182. The molecule has 0 aliphatic carbocycles. The van der Waals surface area contributed by atoms with Gasteiger partial charge in [0.2, 0.25) is 5.91 Å². The Morgan fingerprint density at radius 3 is 2.32 bits per heavy atom. The van der Waals surface area contributed by atoms with Gasteiger partial charge in [-0.2, -0.15) is 0 Å². The van der Waals surface area contributed by atoms with Gasteiger partial charge in [0.1, 0.15) is 17.6 Å². The van der Waals surface area contributed by atoms with E-state index in [1.165, 1.54) is 12.1 Å². The zero-order valence-electron chi connectivity index (χ0n) is 19.2. The first kappa shape index (κ1) is 23.2. The third kappa shape index (κ3) is 5.01. The highest BCUT2D eigenvalue weighted by Gasteiger charge is 2.34. The molecule has 0 spiro atoms. The second-order valence-electron chi connectivity index (χ2n) is 8.24. The van der Waals surface area contributed by atoms with Crippen molar-refractivity contribution in [3.8, 4) is 5.75 Å². The van der Waals surface area contributed by atoms with Crippen LogP contribution in [0.25, 0.3) is 0 Å². The Morgan fingerprint density at radius 2 is 1.68 bits per heavy atom. The van der Waals surface area contributed by atoms with Crippen LogP contribution >= 0.6 is 0 Å². The second-order valence-corrected chi connectivity index (χ2v) is 8.24. The first-order valence-electron chi connectivity index (χ1n) is 11.2. The summed E-state index contributed by atoms with van der Waals surface area (Å²) in [5.41, 5.74) is 2.26. The number of hydrogen-bond acceptors (Lipinski definition) is 3. The highest BCUT2D eigenvalue weighted by atomic mass is 19.1. The predicted molar refractivity (Wildman–Crippen MR) is 129 cm³/mol. The van der Waals surface area contributed by atoms with Crippen molar-refractivity contribution in [3.63, 3.8) is 0 Å². The molecule has 2 unspecified atom stereocenters. The number of hydrogen-bond donors (Lipinski definition) is 0. The summed E-state index contributed by atoms with van der Waals surface area (Å²) >= 11 is 0. The van der Waals surface area contributed by atoms with Crippen LogP contribution in [0.2, 0.25) is 0 Å². The van der Waals surface area contributed by atoms with Gasteiger partial charge in [-0.15, -0.1) is 0 Å². The lowest BCUT2D eigenvalue weighted by Gasteiger charge is -2.38. The summed E-state index contributed by atoms with van der Waals surface area (Å²) in [6.07, 6.45) is 3.87. The number of ether oxygens (including phenoxy) is 1. The van der Waals surface area contributed by atoms with Crippen LogP contribution in [0, 0.1) is 5.82 Å². The van der Waals surface area contributed by atoms with Gasteiger partial charge in [-0.05, 0) is 54.4 Å². The fourth-order valence-corrected chi connectivity index (χ4v) is 4.14. The van der Waals surface area contributed by atoms with E-state index >= 15 is 0 Å². The van der Waals surface area contributed by atoms with Crippen molar-refractivity contribution in [1.82, 2.24) is 9.80 Å². The first-order valence-corrected chi connectivity index (χ1v) is 11.2. The first-order chi connectivity index (χ1) is 16.5. The number of rotatable bonds is 5. The summed E-state index contributed by atoms with van der Waals surface area (Å²) in [6, 6.07) is 21.6. The van der Waals surface area contributed by atoms with Crippen LogP contribution in [0.5, 0.6) is 5.75 Å². The smallest absolute Gasteiger partial charge is 0.254 e. The van der Waals surface area contributed by atoms with E-state index in [9.17, 15) is 14.0 Å². The predicted octanol–water partition coefficient (Wildman–Crippen LogP) is 5.00. The van der Waals surface area contributed by atoms with E-state index < -0.39 is 6.04 Å². The van der Waals surface area contributed by atoms with Crippen LogP contribution in [0.3, 0.4) is 0 Å². The van der Waals surface area contributed by atoms with Gasteiger partial charge < -0.3 is 14.5 Å². The average molecular weight is 459 g/mol. The monoisotopic (exact) mass is 458 g/mol. The third-order valence-corrected chi connectivity index (χ3v) is 6.07. The maximum absolute atomic E-state index is 13.8. The van der Waals surface area contributed by atoms with Crippen LogP contribution in [-0.2, 0) is 11.3 Å². The van der Waals surface area contributed by atoms with Gasteiger partial charge >= 0.3 is 0 Å². The van der Waals surface area contributed by atoms with Crippen molar-refractivity contribution in [2.75, 3.05) is 13.7 Å². The van der Waals surface area contributed by atoms with Crippen LogP contribution in [-0.4, -0.2) is 41.3 Å². The van der Waals surface area contributed by atoms with Crippen molar-refractivity contribution in [2.45, 2.75) is 25.6 Å². The summed E-state index contributed by atoms with van der Waals surface area (Å²) < 4.78 is 18.8.